The normalized spacial score (nSPS) is 25.7. The van der Waals surface area contributed by atoms with Crippen molar-refractivity contribution in [3.8, 4) is 6.07 Å². The van der Waals surface area contributed by atoms with Crippen molar-refractivity contribution in [2.75, 3.05) is 51.6 Å². The van der Waals surface area contributed by atoms with E-state index in [0.717, 1.165) is 64.8 Å². The van der Waals surface area contributed by atoms with Crippen LogP contribution in [0.4, 0.5) is 14.9 Å². The summed E-state index contributed by atoms with van der Waals surface area (Å²) in [7, 11) is 2.16. The first-order valence-corrected chi connectivity index (χ1v) is 13.7. The fourth-order valence-electron chi connectivity index (χ4n) is 6.30. The number of fused-ring (bicyclic) bond motifs is 1. The average Bonchev–Trinajstić information content (AvgIpc) is 3.65. The molecule has 2 amide bonds. The second kappa shape index (κ2) is 11.0. The van der Waals surface area contributed by atoms with Crippen molar-refractivity contribution in [3.63, 3.8) is 0 Å². The van der Waals surface area contributed by atoms with Gasteiger partial charge in [-0.2, -0.15) is 5.26 Å². The van der Waals surface area contributed by atoms with E-state index < -0.39 is 5.82 Å². The number of amides is 2. The second-order valence-corrected chi connectivity index (χ2v) is 11.3. The molecule has 1 saturated heterocycles. The molecule has 0 radical (unpaired) electrons. The molecule has 6 nitrogen and oxygen atoms in total. The molecule has 1 unspecified atom stereocenters. The van der Waals surface area contributed by atoms with E-state index in [1.54, 1.807) is 6.07 Å². The van der Waals surface area contributed by atoms with Gasteiger partial charge in [0.1, 0.15) is 5.82 Å². The minimum Gasteiger partial charge on any atom is -0.321 e. The first-order valence-electron chi connectivity index (χ1n) is 13.3. The molecule has 2 saturated carbocycles. The molecule has 2 aromatic carbocycles. The highest BCUT2D eigenvalue weighted by Gasteiger charge is 2.58. The highest BCUT2D eigenvalue weighted by atomic mass is 35.5. The molecule has 1 aliphatic heterocycles. The van der Waals surface area contributed by atoms with E-state index in [9.17, 15) is 14.4 Å². The lowest BCUT2D eigenvalue weighted by Crippen LogP contribution is -2.48. The van der Waals surface area contributed by atoms with Crippen LogP contribution < -0.4 is 5.32 Å². The van der Waals surface area contributed by atoms with E-state index in [1.807, 2.05) is 23.1 Å². The van der Waals surface area contributed by atoms with E-state index in [4.69, 9.17) is 11.6 Å². The maximum atomic E-state index is 13.6. The third-order valence-corrected chi connectivity index (χ3v) is 8.91. The predicted molar refractivity (Wildman–Crippen MR) is 144 cm³/mol. The van der Waals surface area contributed by atoms with Gasteiger partial charge in [0.2, 0.25) is 0 Å². The monoisotopic (exact) mass is 523 g/mol. The Morgan fingerprint density at radius 2 is 2.05 bits per heavy atom. The first-order chi connectivity index (χ1) is 17.9. The highest BCUT2D eigenvalue weighted by molar-refractivity contribution is 6.31. The van der Waals surface area contributed by atoms with Crippen LogP contribution in [0.25, 0.3) is 0 Å². The van der Waals surface area contributed by atoms with Gasteiger partial charge >= 0.3 is 6.03 Å². The SMILES string of the molecule is CN1CCN(CCCN(C(=O)Nc2ccc(F)c(Cl)c2)[C@@H]2CCC3(c4cccc(C#N)c4)C[C@@H]3C2)CC1. The summed E-state index contributed by atoms with van der Waals surface area (Å²) in [6.07, 6.45) is 4.94. The van der Waals surface area contributed by atoms with Crippen LogP contribution in [0.5, 0.6) is 0 Å². The zero-order valence-electron chi connectivity index (χ0n) is 21.4. The van der Waals surface area contributed by atoms with Crippen molar-refractivity contribution >= 4 is 23.3 Å². The summed E-state index contributed by atoms with van der Waals surface area (Å²) in [6, 6.07) is 14.6. The molecule has 2 aliphatic carbocycles. The van der Waals surface area contributed by atoms with Crippen LogP contribution in [0, 0.1) is 23.1 Å². The quantitative estimate of drug-likeness (QED) is 0.532. The zero-order valence-corrected chi connectivity index (χ0v) is 22.2. The van der Waals surface area contributed by atoms with Gasteiger partial charge in [-0.25, -0.2) is 9.18 Å². The number of hydrogen-bond acceptors (Lipinski definition) is 4. The van der Waals surface area contributed by atoms with Crippen LogP contribution in [-0.4, -0.2) is 73.1 Å². The summed E-state index contributed by atoms with van der Waals surface area (Å²) in [5, 5.41) is 12.3. The van der Waals surface area contributed by atoms with Crippen LogP contribution in [-0.2, 0) is 5.41 Å². The maximum Gasteiger partial charge on any atom is 0.322 e. The molecule has 1 heterocycles. The summed E-state index contributed by atoms with van der Waals surface area (Å²) in [4.78, 5) is 20.3. The molecule has 0 bridgehead atoms. The zero-order chi connectivity index (χ0) is 26.0. The fraction of sp³-hybridized carbons (Fsp3) is 0.517. The number of anilines is 1. The number of nitrogens with zero attached hydrogens (tertiary/aromatic N) is 4. The third-order valence-electron chi connectivity index (χ3n) is 8.62. The number of halogens is 2. The largest absolute Gasteiger partial charge is 0.322 e. The number of piperazine rings is 1. The van der Waals surface area contributed by atoms with E-state index in [0.29, 0.717) is 23.7 Å². The molecule has 3 atom stereocenters. The summed E-state index contributed by atoms with van der Waals surface area (Å²) < 4.78 is 13.6. The Kier molecular flexibility index (Phi) is 7.71. The number of likely N-dealkylation sites (N-methyl/N-ethyl adjacent to an activating group) is 1. The van der Waals surface area contributed by atoms with Gasteiger partial charge in [0.15, 0.2) is 0 Å². The standard InChI is InChI=1S/C29H35ClFN5O/c1-34-12-14-35(15-13-34)10-3-11-36(28(37)33-24-6-7-27(31)26(30)18-24)25-8-9-29(19-23(29)17-25)22-5-2-4-21(16-22)20-32/h2,4-7,16,18,23,25H,3,8-15,17,19H2,1H3,(H,33,37)/t23-,25+,29?/m0/s1. The Morgan fingerprint density at radius 1 is 1.24 bits per heavy atom. The lowest BCUT2D eigenvalue weighted by Gasteiger charge is -2.38. The summed E-state index contributed by atoms with van der Waals surface area (Å²) in [6.45, 7) is 5.94. The number of carbonyl (C=O) groups excluding carboxylic acids is 1. The van der Waals surface area contributed by atoms with Crippen molar-refractivity contribution in [1.29, 1.82) is 5.26 Å². The molecule has 8 heteroatoms. The van der Waals surface area contributed by atoms with Gasteiger partial charge in [-0.3, -0.25) is 0 Å². The molecule has 3 fully saturated rings. The van der Waals surface area contributed by atoms with Crippen LogP contribution in [0.1, 0.15) is 43.2 Å². The molecule has 0 spiro atoms. The molecule has 2 aromatic rings. The number of rotatable bonds is 7. The van der Waals surface area contributed by atoms with Crippen molar-refractivity contribution in [1.82, 2.24) is 14.7 Å². The van der Waals surface area contributed by atoms with E-state index in [-0.39, 0.29) is 22.5 Å². The van der Waals surface area contributed by atoms with Crippen molar-refractivity contribution < 1.29 is 9.18 Å². The van der Waals surface area contributed by atoms with Crippen molar-refractivity contribution in [2.45, 2.75) is 43.6 Å². The molecule has 5 rings (SSSR count). The lowest BCUT2D eigenvalue weighted by molar-refractivity contribution is 0.134. The number of nitriles is 1. The second-order valence-electron chi connectivity index (χ2n) is 10.9. The van der Waals surface area contributed by atoms with E-state index in [1.165, 1.54) is 17.7 Å². The summed E-state index contributed by atoms with van der Waals surface area (Å²) >= 11 is 5.96. The Bertz CT molecular complexity index is 1180. The third kappa shape index (κ3) is 5.77. The molecule has 1 N–H and O–H groups in total. The molecular formula is C29H35ClFN5O. The number of urea groups is 1. The number of carbonyl (C=O) groups is 1. The number of nitrogens with one attached hydrogen (secondary N) is 1. The highest BCUT2D eigenvalue weighted by Crippen LogP contribution is 2.62. The van der Waals surface area contributed by atoms with Crippen LogP contribution in [0.2, 0.25) is 5.02 Å². The minimum atomic E-state index is -0.499. The van der Waals surface area contributed by atoms with Crippen molar-refractivity contribution in [2.24, 2.45) is 5.92 Å². The van der Waals surface area contributed by atoms with Crippen LogP contribution in [0.15, 0.2) is 42.5 Å². The molecular weight excluding hydrogens is 489 g/mol. The molecule has 0 aromatic heterocycles. The Balaban J connectivity index is 1.26. The van der Waals surface area contributed by atoms with E-state index in [2.05, 4.69) is 34.3 Å². The van der Waals surface area contributed by atoms with Gasteiger partial charge in [-0.1, -0.05) is 23.7 Å². The number of benzene rings is 2. The average molecular weight is 524 g/mol. The van der Waals surface area contributed by atoms with Gasteiger partial charge in [0.05, 0.1) is 16.7 Å². The molecule has 196 valence electrons. The fourth-order valence-corrected chi connectivity index (χ4v) is 6.48. The number of hydrogen-bond donors (Lipinski definition) is 1. The van der Waals surface area contributed by atoms with E-state index >= 15 is 0 Å². The topological polar surface area (TPSA) is 62.6 Å². The van der Waals surface area contributed by atoms with Gasteiger partial charge in [-0.05, 0) is 92.9 Å². The minimum absolute atomic E-state index is 0.000513. The van der Waals surface area contributed by atoms with Crippen molar-refractivity contribution in [3.05, 3.63) is 64.4 Å². The summed E-state index contributed by atoms with van der Waals surface area (Å²) in [5.74, 6) is 0.0231. The Hall–Kier alpha value is -2.66. The van der Waals surface area contributed by atoms with Gasteiger partial charge in [-0.15, -0.1) is 0 Å². The molecule has 3 aliphatic rings. The Labute approximate surface area is 224 Å². The molecule has 37 heavy (non-hydrogen) atoms. The van der Waals surface area contributed by atoms with Crippen LogP contribution >= 0.6 is 11.6 Å². The first kappa shape index (κ1) is 26.0. The summed E-state index contributed by atoms with van der Waals surface area (Å²) in [5.41, 5.74) is 2.63. The van der Waals surface area contributed by atoms with Gasteiger partial charge in [0, 0.05) is 44.5 Å². The van der Waals surface area contributed by atoms with Crippen LogP contribution in [0.3, 0.4) is 0 Å². The lowest BCUT2D eigenvalue weighted by atomic mass is 9.80. The Morgan fingerprint density at radius 3 is 2.78 bits per heavy atom. The predicted octanol–water partition coefficient (Wildman–Crippen LogP) is 5.33. The maximum absolute atomic E-state index is 13.6. The van der Waals surface area contributed by atoms with Gasteiger partial charge in [0.25, 0.3) is 0 Å². The van der Waals surface area contributed by atoms with Gasteiger partial charge < -0.3 is 20.0 Å². The smallest absolute Gasteiger partial charge is 0.321 e.